The largest absolute Gasteiger partial charge is 0.356 e. The lowest BCUT2D eigenvalue weighted by Gasteiger charge is -2.29. The van der Waals surface area contributed by atoms with E-state index in [9.17, 15) is 9.59 Å². The van der Waals surface area contributed by atoms with Crippen LogP contribution < -0.4 is 16.0 Å². The summed E-state index contributed by atoms with van der Waals surface area (Å²) in [4.78, 5) is 25.1. The third kappa shape index (κ3) is 6.59. The molecule has 5 nitrogen and oxygen atoms in total. The Bertz CT molecular complexity index is 868. The predicted octanol–water partition coefficient (Wildman–Crippen LogP) is 6.01. The van der Waals surface area contributed by atoms with E-state index in [1.165, 1.54) is 32.1 Å². The molecule has 170 valence electrons. The zero-order chi connectivity index (χ0) is 22.2. The average Bonchev–Trinajstić information content (AvgIpc) is 2.82. The van der Waals surface area contributed by atoms with Gasteiger partial charge in [0.25, 0.3) is 0 Å². The van der Waals surface area contributed by atoms with Crippen LogP contribution in [0.2, 0.25) is 0 Å². The van der Waals surface area contributed by atoms with Crippen LogP contribution >= 0.6 is 0 Å². The second-order valence-electron chi connectivity index (χ2n) is 9.38. The van der Waals surface area contributed by atoms with Crippen LogP contribution in [0.4, 0.5) is 17.1 Å². The summed E-state index contributed by atoms with van der Waals surface area (Å²) in [6.07, 6.45) is 10.3. The van der Waals surface area contributed by atoms with E-state index in [-0.39, 0.29) is 23.8 Å². The molecule has 0 unspecified atom stereocenters. The van der Waals surface area contributed by atoms with Crippen molar-refractivity contribution in [3.05, 3.63) is 54.6 Å². The minimum absolute atomic E-state index is 0.0172. The fourth-order valence-electron chi connectivity index (χ4n) is 5.01. The molecule has 0 radical (unpaired) electrons. The number of carbonyl (C=O) groups is 2. The molecule has 0 spiro atoms. The molecule has 2 amide bonds. The van der Waals surface area contributed by atoms with Crippen molar-refractivity contribution in [2.75, 3.05) is 10.6 Å². The molecule has 2 aromatic rings. The van der Waals surface area contributed by atoms with Gasteiger partial charge in [0, 0.05) is 35.4 Å². The van der Waals surface area contributed by atoms with Crippen LogP contribution in [0.3, 0.4) is 0 Å². The Balaban J connectivity index is 1.18. The first kappa shape index (κ1) is 22.4. The highest BCUT2D eigenvalue weighted by Gasteiger charge is 2.27. The van der Waals surface area contributed by atoms with E-state index < -0.39 is 0 Å². The van der Waals surface area contributed by atoms with Crippen molar-refractivity contribution >= 4 is 28.9 Å². The molecule has 2 aliphatic carbocycles. The van der Waals surface area contributed by atoms with E-state index in [1.54, 1.807) is 0 Å². The third-order valence-electron chi connectivity index (χ3n) is 6.88. The molecular weight excluding hydrogens is 398 g/mol. The van der Waals surface area contributed by atoms with Crippen LogP contribution in [0.15, 0.2) is 54.6 Å². The van der Waals surface area contributed by atoms with Gasteiger partial charge in [-0.05, 0) is 80.8 Å². The Hall–Kier alpha value is -2.82. The Kier molecular flexibility index (Phi) is 7.81. The number of rotatable bonds is 7. The Morgan fingerprint density at radius 2 is 1.34 bits per heavy atom. The van der Waals surface area contributed by atoms with Gasteiger partial charge in [0.1, 0.15) is 0 Å². The topological polar surface area (TPSA) is 70.2 Å². The maximum atomic E-state index is 12.7. The van der Waals surface area contributed by atoms with Crippen LogP contribution in [0.1, 0.15) is 64.2 Å². The SMILES string of the molecule is O=C(CC1CCCCC1)NC1CCC(C(=O)Nc2ccc(Nc3ccccc3)cc2)CC1. The first-order valence-corrected chi connectivity index (χ1v) is 12.2. The Morgan fingerprint density at radius 3 is 2.03 bits per heavy atom. The lowest BCUT2D eigenvalue weighted by atomic mass is 9.84. The second kappa shape index (κ2) is 11.2. The number of para-hydroxylation sites is 1. The van der Waals surface area contributed by atoms with Crippen LogP contribution in [-0.2, 0) is 9.59 Å². The van der Waals surface area contributed by atoms with Gasteiger partial charge in [-0.1, -0.05) is 37.5 Å². The van der Waals surface area contributed by atoms with Crippen LogP contribution in [0.25, 0.3) is 0 Å². The quantitative estimate of drug-likeness (QED) is 0.500. The van der Waals surface area contributed by atoms with Crippen LogP contribution in [-0.4, -0.2) is 17.9 Å². The van der Waals surface area contributed by atoms with Crippen molar-refractivity contribution in [2.24, 2.45) is 11.8 Å². The minimum Gasteiger partial charge on any atom is -0.356 e. The van der Waals surface area contributed by atoms with Gasteiger partial charge in [-0.15, -0.1) is 0 Å². The zero-order valence-electron chi connectivity index (χ0n) is 18.8. The fourth-order valence-corrected chi connectivity index (χ4v) is 5.01. The van der Waals surface area contributed by atoms with E-state index in [0.717, 1.165) is 42.7 Å². The maximum absolute atomic E-state index is 12.7. The molecule has 0 aliphatic heterocycles. The molecule has 4 rings (SSSR count). The lowest BCUT2D eigenvalue weighted by molar-refractivity contribution is -0.123. The van der Waals surface area contributed by atoms with Gasteiger partial charge in [0.05, 0.1) is 0 Å². The average molecular weight is 434 g/mol. The third-order valence-corrected chi connectivity index (χ3v) is 6.88. The van der Waals surface area contributed by atoms with Crippen molar-refractivity contribution in [3.63, 3.8) is 0 Å². The predicted molar refractivity (Wildman–Crippen MR) is 130 cm³/mol. The fraction of sp³-hybridized carbons (Fsp3) is 0.481. The molecule has 0 atom stereocenters. The molecule has 2 aromatic carbocycles. The molecule has 0 heterocycles. The first-order valence-electron chi connectivity index (χ1n) is 12.2. The van der Waals surface area contributed by atoms with Gasteiger partial charge < -0.3 is 16.0 Å². The molecule has 5 heteroatoms. The van der Waals surface area contributed by atoms with E-state index in [4.69, 9.17) is 0 Å². The van der Waals surface area contributed by atoms with Crippen LogP contribution in [0.5, 0.6) is 0 Å². The molecule has 2 fully saturated rings. The van der Waals surface area contributed by atoms with Gasteiger partial charge in [-0.2, -0.15) is 0 Å². The normalized spacial score (nSPS) is 21.5. The van der Waals surface area contributed by atoms with E-state index >= 15 is 0 Å². The molecule has 0 aromatic heterocycles. The monoisotopic (exact) mass is 433 g/mol. The smallest absolute Gasteiger partial charge is 0.227 e. The highest BCUT2D eigenvalue weighted by atomic mass is 16.2. The first-order chi connectivity index (χ1) is 15.7. The number of nitrogens with one attached hydrogen (secondary N) is 3. The molecule has 3 N–H and O–H groups in total. The minimum atomic E-state index is 0.0172. The standard InChI is InChI=1S/C27H35N3O2/c31-26(19-20-7-3-1-4-8-20)29-24-13-11-21(12-14-24)27(32)30-25-17-15-23(16-18-25)28-22-9-5-2-6-10-22/h2,5-6,9-10,15-18,20-21,24,28H,1,3-4,7-8,11-14,19H2,(H,29,31)(H,30,32). The summed E-state index contributed by atoms with van der Waals surface area (Å²) >= 11 is 0. The van der Waals surface area contributed by atoms with E-state index in [1.807, 2.05) is 54.6 Å². The van der Waals surface area contributed by atoms with Gasteiger partial charge in [0.2, 0.25) is 11.8 Å². The number of amides is 2. The molecule has 0 bridgehead atoms. The van der Waals surface area contributed by atoms with E-state index in [2.05, 4.69) is 16.0 Å². The Labute approximate surface area is 191 Å². The van der Waals surface area contributed by atoms with Crippen LogP contribution in [0, 0.1) is 11.8 Å². The molecule has 0 saturated heterocycles. The summed E-state index contributed by atoms with van der Waals surface area (Å²) < 4.78 is 0. The van der Waals surface area contributed by atoms with Gasteiger partial charge in [0.15, 0.2) is 0 Å². The van der Waals surface area contributed by atoms with Crippen molar-refractivity contribution in [2.45, 2.75) is 70.3 Å². The van der Waals surface area contributed by atoms with E-state index in [0.29, 0.717) is 12.3 Å². The van der Waals surface area contributed by atoms with Gasteiger partial charge in [-0.25, -0.2) is 0 Å². The number of carbonyl (C=O) groups excluding carboxylic acids is 2. The summed E-state index contributed by atoms with van der Waals surface area (Å²) in [6.45, 7) is 0. The molecule has 2 aliphatic rings. The van der Waals surface area contributed by atoms with Gasteiger partial charge >= 0.3 is 0 Å². The maximum Gasteiger partial charge on any atom is 0.227 e. The summed E-state index contributed by atoms with van der Waals surface area (Å²) in [5.41, 5.74) is 2.84. The van der Waals surface area contributed by atoms with Crippen molar-refractivity contribution in [1.82, 2.24) is 5.32 Å². The van der Waals surface area contributed by atoms with Gasteiger partial charge in [-0.3, -0.25) is 9.59 Å². The summed E-state index contributed by atoms with van der Waals surface area (Å²) in [5, 5.41) is 9.63. The number of hydrogen-bond donors (Lipinski definition) is 3. The van der Waals surface area contributed by atoms with Crippen molar-refractivity contribution in [1.29, 1.82) is 0 Å². The molecule has 2 saturated carbocycles. The number of benzene rings is 2. The highest BCUT2D eigenvalue weighted by Crippen LogP contribution is 2.28. The second-order valence-corrected chi connectivity index (χ2v) is 9.38. The van der Waals surface area contributed by atoms with Crippen molar-refractivity contribution in [3.8, 4) is 0 Å². The van der Waals surface area contributed by atoms with Crippen molar-refractivity contribution < 1.29 is 9.59 Å². The highest BCUT2D eigenvalue weighted by molar-refractivity contribution is 5.92. The lowest BCUT2D eigenvalue weighted by Crippen LogP contribution is -2.40. The summed E-state index contributed by atoms with van der Waals surface area (Å²) in [6, 6.07) is 18.0. The zero-order valence-corrected chi connectivity index (χ0v) is 18.8. The summed E-state index contributed by atoms with van der Waals surface area (Å²) in [7, 11) is 0. The summed E-state index contributed by atoms with van der Waals surface area (Å²) in [5.74, 6) is 0.874. The molecule has 32 heavy (non-hydrogen) atoms. The number of anilines is 3. The molecular formula is C27H35N3O2. The number of hydrogen-bond acceptors (Lipinski definition) is 3. The Morgan fingerprint density at radius 1 is 0.719 bits per heavy atom.